The van der Waals surface area contributed by atoms with Crippen molar-refractivity contribution in [2.24, 2.45) is 5.92 Å². The number of amides is 1. The quantitative estimate of drug-likeness (QED) is 0.850. The van der Waals surface area contributed by atoms with Gasteiger partial charge in [0.1, 0.15) is 0 Å². The molecule has 2 rings (SSSR count). The Morgan fingerprint density at radius 3 is 2.57 bits per heavy atom. The van der Waals surface area contributed by atoms with Gasteiger partial charge in [-0.2, -0.15) is 0 Å². The number of carboxylic acid groups (broad SMARTS) is 1. The fourth-order valence-electron chi connectivity index (χ4n) is 2.80. The van der Waals surface area contributed by atoms with E-state index in [1.165, 1.54) is 44.2 Å². The van der Waals surface area contributed by atoms with Crippen LogP contribution in [0.3, 0.4) is 0 Å². The highest BCUT2D eigenvalue weighted by Gasteiger charge is 2.15. The maximum atomic E-state index is 11.9. The number of rotatable bonds is 5. The molecule has 1 aliphatic rings. The number of halogens is 1. The van der Waals surface area contributed by atoms with Gasteiger partial charge in [-0.15, -0.1) is 0 Å². The maximum Gasteiger partial charge on any atom is 0.337 e. The normalized spacial score (nSPS) is 15.7. The molecule has 4 nitrogen and oxygen atoms in total. The van der Waals surface area contributed by atoms with Crippen LogP contribution in [0.4, 0.5) is 5.69 Å². The first-order chi connectivity index (χ1) is 10.1. The van der Waals surface area contributed by atoms with Crippen LogP contribution in [0.5, 0.6) is 0 Å². The first-order valence-electron chi connectivity index (χ1n) is 7.39. The first kappa shape index (κ1) is 15.8. The summed E-state index contributed by atoms with van der Waals surface area (Å²) in [4.78, 5) is 22.8. The molecule has 0 bridgehead atoms. The van der Waals surface area contributed by atoms with Gasteiger partial charge < -0.3 is 10.4 Å². The zero-order valence-corrected chi connectivity index (χ0v) is 12.7. The van der Waals surface area contributed by atoms with Gasteiger partial charge in [-0.1, -0.05) is 43.7 Å². The Kier molecular flexibility index (Phi) is 5.62. The number of carbonyl (C=O) groups excluding carboxylic acids is 1. The van der Waals surface area contributed by atoms with Crippen LogP contribution in [0.1, 0.15) is 55.3 Å². The molecule has 0 spiro atoms. The van der Waals surface area contributed by atoms with Gasteiger partial charge in [0.25, 0.3) is 0 Å². The standard InChI is InChI=1S/C16H20ClNO3/c17-14-10-12(7-8-13(14)16(20)21)18-15(19)9-6-11-4-2-1-3-5-11/h7-8,10-11H,1-6,9H2,(H,18,19)(H,20,21). The van der Waals surface area contributed by atoms with Crippen molar-refractivity contribution in [3.05, 3.63) is 28.8 Å². The first-order valence-corrected chi connectivity index (χ1v) is 7.77. The van der Waals surface area contributed by atoms with Crippen molar-refractivity contribution in [2.45, 2.75) is 44.9 Å². The molecule has 2 N–H and O–H groups in total. The molecule has 1 fully saturated rings. The minimum absolute atomic E-state index is 0.0388. The van der Waals surface area contributed by atoms with Crippen LogP contribution in [0.15, 0.2) is 18.2 Å². The summed E-state index contributed by atoms with van der Waals surface area (Å²) in [6.07, 6.45) is 7.75. The van der Waals surface area contributed by atoms with Gasteiger partial charge in [-0.25, -0.2) is 4.79 Å². The Morgan fingerprint density at radius 1 is 1.24 bits per heavy atom. The third-order valence-electron chi connectivity index (χ3n) is 3.99. The Bertz CT molecular complexity index is 524. The molecule has 0 radical (unpaired) electrons. The van der Waals surface area contributed by atoms with E-state index in [4.69, 9.17) is 16.7 Å². The van der Waals surface area contributed by atoms with Crippen LogP contribution in [-0.2, 0) is 4.79 Å². The van der Waals surface area contributed by atoms with E-state index in [9.17, 15) is 9.59 Å². The van der Waals surface area contributed by atoms with Gasteiger partial charge >= 0.3 is 5.97 Å². The summed E-state index contributed by atoms with van der Waals surface area (Å²) >= 11 is 5.87. The minimum Gasteiger partial charge on any atom is -0.478 e. The van der Waals surface area contributed by atoms with E-state index in [-0.39, 0.29) is 16.5 Å². The lowest BCUT2D eigenvalue weighted by atomic mass is 9.86. The van der Waals surface area contributed by atoms with Crippen molar-refractivity contribution in [1.82, 2.24) is 0 Å². The lowest BCUT2D eigenvalue weighted by molar-refractivity contribution is -0.116. The van der Waals surface area contributed by atoms with Crippen molar-refractivity contribution < 1.29 is 14.7 Å². The highest BCUT2D eigenvalue weighted by molar-refractivity contribution is 6.33. The van der Waals surface area contributed by atoms with Gasteiger partial charge in [0.15, 0.2) is 0 Å². The second kappa shape index (κ2) is 7.46. The zero-order valence-electron chi connectivity index (χ0n) is 11.9. The van der Waals surface area contributed by atoms with Crippen LogP contribution in [0.2, 0.25) is 5.02 Å². The molecule has 0 aliphatic heterocycles. The number of carbonyl (C=O) groups is 2. The Labute approximate surface area is 129 Å². The van der Waals surface area contributed by atoms with Crippen molar-refractivity contribution in [3.63, 3.8) is 0 Å². The average molecular weight is 310 g/mol. The summed E-state index contributed by atoms with van der Waals surface area (Å²) in [5, 5.41) is 11.8. The summed E-state index contributed by atoms with van der Waals surface area (Å²) in [6, 6.07) is 4.44. The van der Waals surface area contributed by atoms with Gasteiger partial charge in [-0.3, -0.25) is 4.79 Å². The van der Waals surface area contributed by atoms with Crippen molar-refractivity contribution in [3.8, 4) is 0 Å². The van der Waals surface area contributed by atoms with Crippen LogP contribution in [-0.4, -0.2) is 17.0 Å². The minimum atomic E-state index is -1.07. The molecular weight excluding hydrogens is 290 g/mol. The largest absolute Gasteiger partial charge is 0.478 e. The van der Waals surface area contributed by atoms with Crippen LogP contribution < -0.4 is 5.32 Å². The van der Waals surface area contributed by atoms with E-state index in [2.05, 4.69) is 5.32 Å². The molecule has 1 saturated carbocycles. The number of nitrogens with one attached hydrogen (secondary N) is 1. The molecule has 0 unspecified atom stereocenters. The van der Waals surface area contributed by atoms with E-state index in [1.807, 2.05) is 0 Å². The van der Waals surface area contributed by atoms with Crippen LogP contribution in [0, 0.1) is 5.92 Å². The number of hydrogen-bond donors (Lipinski definition) is 2. The fourth-order valence-corrected chi connectivity index (χ4v) is 3.06. The van der Waals surface area contributed by atoms with E-state index < -0.39 is 5.97 Å². The molecule has 114 valence electrons. The molecule has 0 saturated heterocycles. The number of benzene rings is 1. The van der Waals surface area contributed by atoms with Crippen molar-refractivity contribution in [2.75, 3.05) is 5.32 Å². The molecule has 0 atom stereocenters. The molecule has 1 aliphatic carbocycles. The number of hydrogen-bond acceptors (Lipinski definition) is 2. The maximum absolute atomic E-state index is 11.9. The highest BCUT2D eigenvalue weighted by Crippen LogP contribution is 2.27. The molecule has 0 heterocycles. The number of aromatic carboxylic acids is 1. The van der Waals surface area contributed by atoms with Crippen molar-refractivity contribution in [1.29, 1.82) is 0 Å². The summed E-state index contributed by atoms with van der Waals surface area (Å²) in [7, 11) is 0. The predicted molar refractivity (Wildman–Crippen MR) is 82.9 cm³/mol. The molecule has 1 aromatic rings. The molecule has 5 heteroatoms. The monoisotopic (exact) mass is 309 g/mol. The SMILES string of the molecule is O=C(CCC1CCCCC1)Nc1ccc(C(=O)O)c(Cl)c1. The average Bonchev–Trinajstić information content (AvgIpc) is 2.46. The van der Waals surface area contributed by atoms with E-state index in [1.54, 1.807) is 6.07 Å². The summed E-state index contributed by atoms with van der Waals surface area (Å²) in [6.45, 7) is 0. The van der Waals surface area contributed by atoms with Gasteiger partial charge in [0.2, 0.25) is 5.91 Å². The van der Waals surface area contributed by atoms with Gasteiger partial charge in [-0.05, 0) is 30.5 Å². The lowest BCUT2D eigenvalue weighted by Crippen LogP contribution is -2.15. The zero-order chi connectivity index (χ0) is 15.2. The van der Waals surface area contributed by atoms with Crippen LogP contribution >= 0.6 is 11.6 Å². The second-order valence-corrected chi connectivity index (χ2v) is 6.00. The van der Waals surface area contributed by atoms with E-state index >= 15 is 0 Å². The number of carboxylic acids is 1. The van der Waals surface area contributed by atoms with E-state index in [0.717, 1.165) is 6.42 Å². The van der Waals surface area contributed by atoms with Gasteiger partial charge in [0, 0.05) is 12.1 Å². The lowest BCUT2D eigenvalue weighted by Gasteiger charge is -2.21. The molecule has 1 aromatic carbocycles. The molecular formula is C16H20ClNO3. The smallest absolute Gasteiger partial charge is 0.337 e. The molecule has 21 heavy (non-hydrogen) atoms. The fraction of sp³-hybridized carbons (Fsp3) is 0.500. The second-order valence-electron chi connectivity index (χ2n) is 5.59. The highest BCUT2D eigenvalue weighted by atomic mass is 35.5. The summed E-state index contributed by atoms with van der Waals surface area (Å²) in [5.41, 5.74) is 0.579. The Balaban J connectivity index is 1.84. The molecule has 1 amide bonds. The van der Waals surface area contributed by atoms with E-state index in [0.29, 0.717) is 18.0 Å². The Morgan fingerprint density at radius 2 is 1.95 bits per heavy atom. The topological polar surface area (TPSA) is 66.4 Å². The van der Waals surface area contributed by atoms with Crippen LogP contribution in [0.25, 0.3) is 0 Å². The predicted octanol–water partition coefficient (Wildman–Crippen LogP) is 4.34. The summed E-state index contributed by atoms with van der Waals surface area (Å²) < 4.78 is 0. The Hall–Kier alpha value is -1.55. The number of anilines is 1. The van der Waals surface area contributed by atoms with Crippen molar-refractivity contribution >= 4 is 29.2 Å². The third kappa shape index (κ3) is 4.74. The third-order valence-corrected chi connectivity index (χ3v) is 4.30. The van der Waals surface area contributed by atoms with Gasteiger partial charge in [0.05, 0.1) is 10.6 Å². The summed E-state index contributed by atoms with van der Waals surface area (Å²) in [5.74, 6) is -0.447. The molecule has 0 aromatic heterocycles.